The van der Waals surface area contributed by atoms with Crippen molar-refractivity contribution in [3.63, 3.8) is 0 Å². The van der Waals surface area contributed by atoms with Gasteiger partial charge in [0.05, 0.1) is 0 Å². The van der Waals surface area contributed by atoms with Crippen molar-refractivity contribution in [2.45, 2.75) is 61.4 Å². The Morgan fingerprint density at radius 1 is 1.32 bits per heavy atom. The predicted molar refractivity (Wildman–Crippen MR) is 77.0 cm³/mol. The molecule has 106 valence electrons. The van der Waals surface area contributed by atoms with E-state index >= 15 is 0 Å². The number of hydrogen-bond acceptors (Lipinski definition) is 4. The Bertz CT molecular complexity index is 541. The molecule has 0 radical (unpaired) electrons. The Morgan fingerprint density at radius 2 is 2.00 bits per heavy atom. The molecular formula is C13H20N2O2S2. The van der Waals surface area contributed by atoms with Crippen molar-refractivity contribution in [3.05, 3.63) is 17.0 Å². The number of piperidine rings is 1. The quantitative estimate of drug-likeness (QED) is 0.892. The van der Waals surface area contributed by atoms with Crippen LogP contribution in [0.1, 0.15) is 37.5 Å². The smallest absolute Gasteiger partial charge is 0.250 e. The first kappa shape index (κ1) is 13.5. The van der Waals surface area contributed by atoms with Crippen LogP contribution in [-0.2, 0) is 16.4 Å². The maximum absolute atomic E-state index is 12.3. The number of fused-ring (bicyclic) bond motifs is 2. The molecule has 1 aromatic heterocycles. The van der Waals surface area contributed by atoms with Gasteiger partial charge in [-0.2, -0.15) is 0 Å². The molecule has 2 bridgehead atoms. The van der Waals surface area contributed by atoms with Gasteiger partial charge in [0, 0.05) is 23.0 Å². The van der Waals surface area contributed by atoms with E-state index in [0.717, 1.165) is 24.1 Å². The maximum atomic E-state index is 12.3. The highest BCUT2D eigenvalue weighted by Gasteiger charge is 2.35. The molecule has 6 heteroatoms. The van der Waals surface area contributed by atoms with Gasteiger partial charge in [0.15, 0.2) is 0 Å². The summed E-state index contributed by atoms with van der Waals surface area (Å²) in [4.78, 5) is 1.12. The first-order chi connectivity index (χ1) is 9.06. The van der Waals surface area contributed by atoms with Crippen molar-refractivity contribution in [2.24, 2.45) is 0 Å². The van der Waals surface area contributed by atoms with Crippen LogP contribution in [0.15, 0.2) is 16.3 Å². The van der Waals surface area contributed by atoms with E-state index in [1.54, 1.807) is 6.07 Å². The van der Waals surface area contributed by atoms with Crippen LogP contribution in [0, 0.1) is 0 Å². The summed E-state index contributed by atoms with van der Waals surface area (Å²) in [5, 5.41) is 3.53. The van der Waals surface area contributed by atoms with Gasteiger partial charge in [0.1, 0.15) is 4.21 Å². The zero-order valence-corrected chi connectivity index (χ0v) is 12.7. The van der Waals surface area contributed by atoms with E-state index < -0.39 is 10.0 Å². The standard InChI is InChI=1S/C13H20N2O2S2/c1-2-12-5-6-13(18-12)19(16,17)15-11-7-9-3-4-10(8-11)14-9/h5-6,9-11,14-15H,2-4,7-8H2,1H3. The van der Waals surface area contributed by atoms with Gasteiger partial charge >= 0.3 is 0 Å². The summed E-state index contributed by atoms with van der Waals surface area (Å²) >= 11 is 1.38. The number of sulfonamides is 1. The van der Waals surface area contributed by atoms with Crippen LogP contribution in [-0.4, -0.2) is 26.5 Å². The number of nitrogens with one attached hydrogen (secondary N) is 2. The summed E-state index contributed by atoms with van der Waals surface area (Å²) < 4.78 is 28.0. The lowest BCUT2D eigenvalue weighted by Gasteiger charge is -2.29. The van der Waals surface area contributed by atoms with E-state index in [1.165, 1.54) is 24.2 Å². The van der Waals surface area contributed by atoms with Gasteiger partial charge in [0.2, 0.25) is 10.0 Å². The number of rotatable bonds is 4. The van der Waals surface area contributed by atoms with Crippen LogP contribution in [0.2, 0.25) is 0 Å². The van der Waals surface area contributed by atoms with Crippen LogP contribution in [0.4, 0.5) is 0 Å². The van der Waals surface area contributed by atoms with Crippen LogP contribution in [0.5, 0.6) is 0 Å². The highest BCUT2D eigenvalue weighted by Crippen LogP contribution is 2.29. The fraction of sp³-hybridized carbons (Fsp3) is 0.692. The molecule has 2 aliphatic rings. The average molecular weight is 300 g/mol. The fourth-order valence-corrected chi connectivity index (χ4v) is 5.70. The predicted octanol–water partition coefficient (Wildman–Crippen LogP) is 1.87. The topological polar surface area (TPSA) is 58.2 Å². The second kappa shape index (κ2) is 5.16. The molecule has 2 N–H and O–H groups in total. The minimum Gasteiger partial charge on any atom is -0.311 e. The molecule has 3 heterocycles. The molecule has 0 aliphatic carbocycles. The van der Waals surface area contributed by atoms with Crippen molar-refractivity contribution in [1.29, 1.82) is 0 Å². The summed E-state index contributed by atoms with van der Waals surface area (Å²) in [6.45, 7) is 2.04. The second-order valence-electron chi connectivity index (χ2n) is 5.50. The lowest BCUT2D eigenvalue weighted by atomic mass is 10.0. The van der Waals surface area contributed by atoms with Gasteiger partial charge in [-0.1, -0.05) is 6.92 Å². The Balaban J connectivity index is 1.71. The molecule has 0 saturated carbocycles. The van der Waals surface area contributed by atoms with E-state index in [1.807, 2.05) is 13.0 Å². The van der Waals surface area contributed by atoms with E-state index in [0.29, 0.717) is 16.3 Å². The van der Waals surface area contributed by atoms with E-state index in [9.17, 15) is 8.42 Å². The molecule has 2 aliphatic heterocycles. The molecule has 0 spiro atoms. The first-order valence-corrected chi connectivity index (χ1v) is 9.24. The average Bonchev–Trinajstić information content (AvgIpc) is 2.96. The minimum atomic E-state index is -3.33. The summed E-state index contributed by atoms with van der Waals surface area (Å²) in [7, 11) is -3.33. The van der Waals surface area contributed by atoms with Crippen LogP contribution in [0.25, 0.3) is 0 Å². The zero-order chi connectivity index (χ0) is 13.5. The molecule has 1 aromatic rings. The Labute approximate surface area is 118 Å². The van der Waals surface area contributed by atoms with Crippen molar-refractivity contribution >= 4 is 21.4 Å². The molecule has 2 fully saturated rings. The van der Waals surface area contributed by atoms with Crippen molar-refractivity contribution in [2.75, 3.05) is 0 Å². The van der Waals surface area contributed by atoms with Gasteiger partial charge in [0.25, 0.3) is 0 Å². The lowest BCUT2D eigenvalue weighted by molar-refractivity contribution is 0.345. The molecule has 2 unspecified atom stereocenters. The Hall–Kier alpha value is -0.430. The summed E-state index contributed by atoms with van der Waals surface area (Å²) in [6.07, 6.45) is 5.09. The molecular weight excluding hydrogens is 280 g/mol. The van der Waals surface area contributed by atoms with E-state index in [4.69, 9.17) is 0 Å². The van der Waals surface area contributed by atoms with Gasteiger partial charge in [-0.05, 0) is 44.2 Å². The molecule has 2 atom stereocenters. The third-order valence-corrected chi connectivity index (χ3v) is 7.29. The normalized spacial score (nSPS) is 30.7. The largest absolute Gasteiger partial charge is 0.311 e. The minimum absolute atomic E-state index is 0.0935. The monoisotopic (exact) mass is 300 g/mol. The van der Waals surface area contributed by atoms with E-state index in [-0.39, 0.29) is 6.04 Å². The highest BCUT2D eigenvalue weighted by molar-refractivity contribution is 7.91. The third kappa shape index (κ3) is 2.86. The van der Waals surface area contributed by atoms with Crippen molar-refractivity contribution in [1.82, 2.24) is 10.0 Å². The Kier molecular flexibility index (Phi) is 3.68. The second-order valence-corrected chi connectivity index (χ2v) is 8.61. The van der Waals surface area contributed by atoms with Crippen LogP contribution < -0.4 is 10.0 Å². The number of hydrogen-bond donors (Lipinski definition) is 2. The molecule has 0 aromatic carbocycles. The summed E-state index contributed by atoms with van der Waals surface area (Å²) in [6, 6.07) is 4.73. The lowest BCUT2D eigenvalue weighted by Crippen LogP contribution is -2.47. The SMILES string of the molecule is CCc1ccc(S(=O)(=O)NC2CC3CCC(C2)N3)s1. The van der Waals surface area contributed by atoms with Gasteiger partial charge in [-0.3, -0.25) is 0 Å². The Morgan fingerprint density at radius 3 is 2.58 bits per heavy atom. The number of thiophene rings is 1. The molecule has 2 saturated heterocycles. The van der Waals surface area contributed by atoms with E-state index in [2.05, 4.69) is 10.0 Å². The summed E-state index contributed by atoms with van der Waals surface area (Å²) in [5.41, 5.74) is 0. The van der Waals surface area contributed by atoms with Gasteiger partial charge in [-0.25, -0.2) is 13.1 Å². The highest BCUT2D eigenvalue weighted by atomic mass is 32.2. The fourth-order valence-electron chi connectivity index (χ4n) is 3.12. The van der Waals surface area contributed by atoms with Crippen molar-refractivity contribution in [3.8, 4) is 0 Å². The number of aryl methyl sites for hydroxylation is 1. The van der Waals surface area contributed by atoms with Crippen LogP contribution in [0.3, 0.4) is 0 Å². The first-order valence-electron chi connectivity index (χ1n) is 6.94. The zero-order valence-electron chi connectivity index (χ0n) is 11.1. The van der Waals surface area contributed by atoms with Crippen molar-refractivity contribution < 1.29 is 8.42 Å². The maximum Gasteiger partial charge on any atom is 0.250 e. The third-order valence-electron chi connectivity index (χ3n) is 4.05. The molecule has 19 heavy (non-hydrogen) atoms. The molecule has 3 rings (SSSR count). The summed E-state index contributed by atoms with van der Waals surface area (Å²) in [5.74, 6) is 0. The van der Waals surface area contributed by atoms with Gasteiger partial charge < -0.3 is 5.32 Å². The van der Waals surface area contributed by atoms with Crippen LogP contribution >= 0.6 is 11.3 Å². The molecule has 4 nitrogen and oxygen atoms in total. The molecule has 0 amide bonds. The van der Waals surface area contributed by atoms with Gasteiger partial charge in [-0.15, -0.1) is 11.3 Å².